The molecule has 10 nitrogen and oxygen atoms in total. The van der Waals surface area contributed by atoms with Crippen molar-refractivity contribution >= 4 is 24.1 Å². The van der Waals surface area contributed by atoms with E-state index in [0.29, 0.717) is 0 Å². The lowest BCUT2D eigenvalue weighted by Gasteiger charge is -2.28. The predicted molar refractivity (Wildman–Crippen MR) is 90.3 cm³/mol. The van der Waals surface area contributed by atoms with Crippen molar-refractivity contribution in [3.05, 3.63) is 0 Å². The minimum atomic E-state index is -1.59. The first-order valence-corrected chi connectivity index (χ1v) is 7.85. The smallest absolute Gasteiger partial charge is 0.408 e. The zero-order valence-electron chi connectivity index (χ0n) is 16.4. The fraction of sp³-hybridized carbons (Fsp3) is 0.750. The van der Waals surface area contributed by atoms with Crippen LogP contribution in [-0.4, -0.2) is 61.6 Å². The number of hydrogen-bond donors (Lipinski definition) is 2. The molecule has 0 aliphatic heterocycles. The molecule has 0 fully saturated rings. The van der Waals surface area contributed by atoms with Crippen molar-refractivity contribution < 1.29 is 38.1 Å². The lowest BCUT2D eigenvalue weighted by atomic mass is 10.1. The Hall–Kier alpha value is -2.52. The van der Waals surface area contributed by atoms with Gasteiger partial charge in [-0.2, -0.15) is 0 Å². The van der Waals surface area contributed by atoms with Crippen LogP contribution in [0.4, 0.5) is 9.59 Å². The Morgan fingerprint density at radius 1 is 0.654 bits per heavy atom. The van der Waals surface area contributed by atoms with Gasteiger partial charge in [0.25, 0.3) is 0 Å². The summed E-state index contributed by atoms with van der Waals surface area (Å²) in [7, 11) is 2.13. The minimum Gasteiger partial charge on any atom is -0.467 e. The fourth-order valence-electron chi connectivity index (χ4n) is 1.68. The summed E-state index contributed by atoms with van der Waals surface area (Å²) < 4.78 is 19.3. The van der Waals surface area contributed by atoms with Gasteiger partial charge in [-0.1, -0.05) is 0 Å². The van der Waals surface area contributed by atoms with E-state index in [1.807, 2.05) is 0 Å². The number of methoxy groups -OCH3 is 2. The van der Waals surface area contributed by atoms with E-state index in [4.69, 9.17) is 9.47 Å². The van der Waals surface area contributed by atoms with Crippen molar-refractivity contribution in [2.24, 2.45) is 0 Å². The van der Waals surface area contributed by atoms with E-state index in [1.54, 1.807) is 41.5 Å². The second-order valence-corrected chi connectivity index (χ2v) is 7.29. The topological polar surface area (TPSA) is 129 Å². The van der Waals surface area contributed by atoms with E-state index in [-0.39, 0.29) is 0 Å². The van der Waals surface area contributed by atoms with Crippen LogP contribution in [0.3, 0.4) is 0 Å². The number of carbonyl (C=O) groups is 4. The van der Waals surface area contributed by atoms with Crippen LogP contribution >= 0.6 is 0 Å². The predicted octanol–water partition coefficient (Wildman–Crippen LogP) is 1.12. The first-order chi connectivity index (χ1) is 11.7. The van der Waals surface area contributed by atoms with Crippen LogP contribution in [0.5, 0.6) is 0 Å². The maximum atomic E-state index is 12.0. The number of ether oxygens (including phenoxy) is 4. The number of rotatable bonds is 5. The van der Waals surface area contributed by atoms with E-state index in [9.17, 15) is 19.2 Å². The van der Waals surface area contributed by atoms with Crippen LogP contribution in [0.15, 0.2) is 0 Å². The average molecular weight is 376 g/mol. The van der Waals surface area contributed by atoms with E-state index in [0.717, 1.165) is 14.2 Å². The molecule has 0 saturated heterocycles. The standard InChI is InChI=1S/C16H28N2O8/c1-15(2,3)25-13(21)17-9(11(19)23-7)10(12(20)24-8)18-14(22)26-16(4,5)6/h9-10H,1-8H3,(H,17,21)(H,18,22)/t9-,10-/m1/s1. The summed E-state index contributed by atoms with van der Waals surface area (Å²) in [5, 5.41) is 4.40. The average Bonchev–Trinajstić information content (AvgIpc) is 2.45. The largest absolute Gasteiger partial charge is 0.467 e. The first kappa shape index (κ1) is 23.5. The lowest BCUT2D eigenvalue weighted by Crippen LogP contribution is -2.60. The molecular weight excluding hydrogens is 348 g/mol. The van der Waals surface area contributed by atoms with Gasteiger partial charge in [0, 0.05) is 0 Å². The van der Waals surface area contributed by atoms with Crippen LogP contribution in [0.1, 0.15) is 41.5 Å². The van der Waals surface area contributed by atoms with Gasteiger partial charge in [-0.15, -0.1) is 0 Å². The van der Waals surface area contributed by atoms with Gasteiger partial charge >= 0.3 is 24.1 Å². The highest BCUT2D eigenvalue weighted by molar-refractivity contribution is 5.92. The summed E-state index contributed by atoms with van der Waals surface area (Å²) in [4.78, 5) is 48.1. The molecule has 150 valence electrons. The van der Waals surface area contributed by atoms with Crippen molar-refractivity contribution in [3.63, 3.8) is 0 Å². The molecule has 0 aromatic heterocycles. The van der Waals surface area contributed by atoms with Crippen molar-refractivity contribution in [2.45, 2.75) is 64.8 Å². The third-order valence-corrected chi connectivity index (χ3v) is 2.59. The fourth-order valence-corrected chi connectivity index (χ4v) is 1.68. The van der Waals surface area contributed by atoms with E-state index in [1.165, 1.54) is 0 Å². The molecule has 0 saturated carbocycles. The Morgan fingerprint density at radius 3 is 1.12 bits per heavy atom. The van der Waals surface area contributed by atoms with Crippen LogP contribution in [0.2, 0.25) is 0 Å². The van der Waals surface area contributed by atoms with Gasteiger partial charge in [0.1, 0.15) is 11.2 Å². The van der Waals surface area contributed by atoms with Gasteiger partial charge in [-0.05, 0) is 41.5 Å². The molecule has 0 unspecified atom stereocenters. The minimum absolute atomic E-state index is 0.843. The summed E-state index contributed by atoms with van der Waals surface area (Å²) in [5.74, 6) is -1.97. The second kappa shape index (κ2) is 9.25. The van der Waals surface area contributed by atoms with Gasteiger partial charge < -0.3 is 29.6 Å². The number of hydrogen-bond acceptors (Lipinski definition) is 8. The maximum absolute atomic E-state index is 12.0. The molecule has 0 heterocycles. The van der Waals surface area contributed by atoms with Crippen molar-refractivity contribution in [3.8, 4) is 0 Å². The van der Waals surface area contributed by atoms with E-state index < -0.39 is 47.4 Å². The van der Waals surface area contributed by atoms with Crippen LogP contribution < -0.4 is 10.6 Å². The molecule has 0 rings (SSSR count). The molecule has 0 aliphatic rings. The molecule has 2 N–H and O–H groups in total. The zero-order valence-corrected chi connectivity index (χ0v) is 16.4. The number of amides is 2. The molecule has 2 atom stereocenters. The molecule has 0 bridgehead atoms. The quantitative estimate of drug-likeness (QED) is 0.539. The highest BCUT2D eigenvalue weighted by atomic mass is 16.6. The molecule has 0 spiro atoms. The molecule has 10 heteroatoms. The molecule has 0 aliphatic carbocycles. The number of carbonyl (C=O) groups excluding carboxylic acids is 4. The zero-order chi connectivity index (χ0) is 20.7. The number of esters is 2. The summed E-state index contributed by atoms with van der Waals surface area (Å²) in [6, 6.07) is -3.18. The van der Waals surface area contributed by atoms with E-state index in [2.05, 4.69) is 20.1 Å². The SMILES string of the molecule is COC(=O)[C@H](NC(=O)OC(C)(C)C)[C@@H](NC(=O)OC(C)(C)C)C(=O)OC. The highest BCUT2D eigenvalue weighted by Gasteiger charge is 2.39. The van der Waals surface area contributed by atoms with Gasteiger partial charge in [0.05, 0.1) is 14.2 Å². The molecule has 26 heavy (non-hydrogen) atoms. The first-order valence-electron chi connectivity index (χ1n) is 7.85. The second-order valence-electron chi connectivity index (χ2n) is 7.29. The summed E-state index contributed by atoms with van der Waals surface area (Å²) in [5.41, 5.74) is -1.69. The Bertz CT molecular complexity index is 485. The lowest BCUT2D eigenvalue weighted by molar-refractivity contribution is -0.152. The Kier molecular flexibility index (Phi) is 8.36. The summed E-state index contributed by atoms with van der Waals surface area (Å²) >= 11 is 0. The van der Waals surface area contributed by atoms with Gasteiger partial charge in [-0.25, -0.2) is 19.2 Å². The molecule has 0 aromatic carbocycles. The molecule has 0 radical (unpaired) electrons. The highest BCUT2D eigenvalue weighted by Crippen LogP contribution is 2.10. The van der Waals surface area contributed by atoms with E-state index >= 15 is 0 Å². The Balaban J connectivity index is 5.49. The van der Waals surface area contributed by atoms with Gasteiger partial charge in [0.2, 0.25) is 0 Å². The van der Waals surface area contributed by atoms with Gasteiger partial charge in [-0.3, -0.25) is 0 Å². The molecular formula is C16H28N2O8. The Morgan fingerprint density at radius 2 is 0.923 bits per heavy atom. The third kappa shape index (κ3) is 9.09. The third-order valence-electron chi connectivity index (χ3n) is 2.59. The number of nitrogens with one attached hydrogen (secondary N) is 2. The van der Waals surface area contributed by atoms with Crippen molar-refractivity contribution in [2.75, 3.05) is 14.2 Å². The monoisotopic (exact) mass is 376 g/mol. The normalized spacial score (nSPS) is 13.7. The summed E-state index contributed by atoms with van der Waals surface area (Å²) in [6.07, 6.45) is -1.96. The van der Waals surface area contributed by atoms with Gasteiger partial charge in [0.15, 0.2) is 12.1 Å². The van der Waals surface area contributed by atoms with Crippen molar-refractivity contribution in [1.82, 2.24) is 10.6 Å². The number of alkyl carbamates (subject to hydrolysis) is 2. The van der Waals surface area contributed by atoms with Crippen LogP contribution in [0, 0.1) is 0 Å². The molecule has 0 aromatic rings. The maximum Gasteiger partial charge on any atom is 0.408 e. The molecule has 2 amide bonds. The van der Waals surface area contributed by atoms with Crippen LogP contribution in [-0.2, 0) is 28.5 Å². The summed E-state index contributed by atoms with van der Waals surface area (Å²) in [6.45, 7) is 9.73. The van der Waals surface area contributed by atoms with Crippen LogP contribution in [0.25, 0.3) is 0 Å². The Labute approximate surface area is 152 Å². The van der Waals surface area contributed by atoms with Crippen molar-refractivity contribution in [1.29, 1.82) is 0 Å².